The molecule has 0 radical (unpaired) electrons. The highest BCUT2D eigenvalue weighted by Gasteiger charge is 2.24. The number of Topliss-reactive ketones (excluding diaryl/α,β-unsaturated/α-hetero) is 1. The predicted molar refractivity (Wildman–Crippen MR) is 126 cm³/mol. The smallest absolute Gasteiger partial charge is 0.387 e. The molecule has 3 aromatic rings. The average Bonchev–Trinajstić information content (AvgIpc) is 2.86. The molecule has 0 aliphatic heterocycles. The van der Waals surface area contributed by atoms with E-state index in [-0.39, 0.29) is 11.7 Å². The number of nitrogens with zero attached hydrogens (tertiary/aromatic N) is 2. The number of hydrogen-bond donors (Lipinski definition) is 0. The zero-order valence-electron chi connectivity index (χ0n) is 19.9. The molecule has 196 valence electrons. The summed E-state index contributed by atoms with van der Waals surface area (Å²) < 4.78 is 61.0. The van der Waals surface area contributed by atoms with Gasteiger partial charge in [-0.05, 0) is 60.6 Å². The van der Waals surface area contributed by atoms with Crippen LogP contribution in [-0.2, 0) is 17.6 Å². The zero-order valence-corrected chi connectivity index (χ0v) is 19.9. The van der Waals surface area contributed by atoms with Crippen LogP contribution >= 0.6 is 0 Å². The first-order valence-corrected chi connectivity index (χ1v) is 12.0. The van der Waals surface area contributed by atoms with E-state index in [1.165, 1.54) is 24.5 Å². The number of aromatic nitrogens is 2. The van der Waals surface area contributed by atoms with Crippen molar-refractivity contribution in [2.24, 2.45) is 5.92 Å². The molecule has 2 atom stereocenters. The molecule has 0 amide bonds. The van der Waals surface area contributed by atoms with E-state index >= 15 is 0 Å². The Kier molecular flexibility index (Phi) is 8.58. The summed E-state index contributed by atoms with van der Waals surface area (Å²) in [6, 6.07) is 10.9. The van der Waals surface area contributed by atoms with Gasteiger partial charge in [-0.1, -0.05) is 18.6 Å². The Morgan fingerprint density at radius 1 is 0.946 bits per heavy atom. The van der Waals surface area contributed by atoms with Crippen molar-refractivity contribution in [1.29, 1.82) is 0 Å². The van der Waals surface area contributed by atoms with Gasteiger partial charge in [-0.15, -0.1) is 0 Å². The molecule has 10 heteroatoms. The molecule has 2 aromatic heterocycles. The first kappa shape index (κ1) is 26.4. The Bertz CT molecular complexity index is 1190. The number of pyridine rings is 2. The summed E-state index contributed by atoms with van der Waals surface area (Å²) >= 11 is 0. The molecule has 1 saturated carbocycles. The van der Waals surface area contributed by atoms with Crippen molar-refractivity contribution in [1.82, 2.24) is 4.98 Å². The average molecular weight is 519 g/mol. The van der Waals surface area contributed by atoms with Crippen LogP contribution in [0.2, 0.25) is 0 Å². The number of rotatable bonds is 10. The molecule has 1 fully saturated rings. The molecule has 1 aliphatic rings. The maximum Gasteiger partial charge on any atom is 0.387 e. The van der Waals surface area contributed by atoms with Gasteiger partial charge in [-0.2, -0.15) is 22.3 Å². The maximum absolute atomic E-state index is 13.0. The lowest BCUT2D eigenvalue weighted by Crippen LogP contribution is -2.24. The third-order valence-corrected chi connectivity index (χ3v) is 6.48. The lowest BCUT2D eigenvalue weighted by atomic mass is 9.83. The summed E-state index contributed by atoms with van der Waals surface area (Å²) in [6.45, 7) is -6.45. The lowest BCUT2D eigenvalue weighted by molar-refractivity contribution is -0.605. The number of carbonyl (C=O) groups excluding carboxylic acids is 1. The standard InChI is InChI=1S/C27H26F4N2O4/c28-26(29)36-24-8-6-19(15-25(24)37-27(30)31)21(14-17-9-11-33(35)12-10-17)22-7-5-18(16-32-22)13-20-3-1-2-4-23(20)34/h5-12,15-16,20-21,26-27H,1-4,13-14H2. The molecule has 0 saturated heterocycles. The van der Waals surface area contributed by atoms with Crippen molar-refractivity contribution in [3.8, 4) is 11.5 Å². The van der Waals surface area contributed by atoms with Gasteiger partial charge >= 0.3 is 13.2 Å². The molecule has 6 nitrogen and oxygen atoms in total. The van der Waals surface area contributed by atoms with E-state index in [4.69, 9.17) is 0 Å². The van der Waals surface area contributed by atoms with Gasteiger partial charge in [0, 0.05) is 42.3 Å². The topological polar surface area (TPSA) is 75.4 Å². The first-order chi connectivity index (χ1) is 17.8. The Hall–Kier alpha value is -3.69. The van der Waals surface area contributed by atoms with E-state index in [1.807, 2.05) is 6.07 Å². The minimum atomic E-state index is -3.24. The summed E-state index contributed by atoms with van der Waals surface area (Å²) in [6.07, 6.45) is 8.75. The Morgan fingerprint density at radius 2 is 1.68 bits per heavy atom. The number of carbonyl (C=O) groups is 1. The fourth-order valence-electron chi connectivity index (χ4n) is 4.65. The molecule has 37 heavy (non-hydrogen) atoms. The molecule has 2 unspecified atom stereocenters. The highest BCUT2D eigenvalue weighted by molar-refractivity contribution is 5.81. The second-order valence-corrected chi connectivity index (χ2v) is 8.99. The fraction of sp³-hybridized carbons (Fsp3) is 0.370. The van der Waals surface area contributed by atoms with Crippen LogP contribution in [-0.4, -0.2) is 24.0 Å². The van der Waals surface area contributed by atoms with Crippen LogP contribution in [0.3, 0.4) is 0 Å². The second kappa shape index (κ2) is 12.0. The van der Waals surface area contributed by atoms with Crippen molar-refractivity contribution in [3.05, 3.63) is 88.6 Å². The molecule has 4 rings (SSSR count). The van der Waals surface area contributed by atoms with Crippen molar-refractivity contribution >= 4 is 5.78 Å². The van der Waals surface area contributed by atoms with Crippen molar-refractivity contribution in [2.75, 3.05) is 0 Å². The van der Waals surface area contributed by atoms with E-state index in [2.05, 4.69) is 14.5 Å². The fourth-order valence-corrected chi connectivity index (χ4v) is 4.65. The quantitative estimate of drug-likeness (QED) is 0.199. The molecular formula is C27H26F4N2O4. The van der Waals surface area contributed by atoms with Crippen LogP contribution in [0.1, 0.15) is 54.0 Å². The Balaban J connectivity index is 1.65. The van der Waals surface area contributed by atoms with E-state index in [0.29, 0.717) is 35.3 Å². The van der Waals surface area contributed by atoms with E-state index in [9.17, 15) is 27.6 Å². The molecule has 0 spiro atoms. The highest BCUT2D eigenvalue weighted by Crippen LogP contribution is 2.36. The SMILES string of the molecule is O=C1CCCCC1Cc1ccc(C(Cc2cc[n+]([O-])cc2)c2ccc(OC(F)F)c(OC(F)F)c2)nc1. The van der Waals surface area contributed by atoms with Crippen LogP contribution in [0.4, 0.5) is 17.6 Å². The van der Waals surface area contributed by atoms with Crippen molar-refractivity contribution in [3.63, 3.8) is 0 Å². The first-order valence-electron chi connectivity index (χ1n) is 12.0. The maximum atomic E-state index is 13.0. The third-order valence-electron chi connectivity index (χ3n) is 6.48. The van der Waals surface area contributed by atoms with Gasteiger partial charge in [0.2, 0.25) is 0 Å². The highest BCUT2D eigenvalue weighted by atomic mass is 19.3. The molecule has 2 heterocycles. The third kappa shape index (κ3) is 7.18. The van der Waals surface area contributed by atoms with E-state index in [0.717, 1.165) is 36.5 Å². The van der Waals surface area contributed by atoms with Crippen LogP contribution in [0.5, 0.6) is 11.5 Å². The monoisotopic (exact) mass is 518 g/mol. The molecule has 0 N–H and O–H groups in total. The van der Waals surface area contributed by atoms with Gasteiger partial charge in [0.25, 0.3) is 0 Å². The van der Waals surface area contributed by atoms with E-state index < -0.39 is 30.6 Å². The number of ketones is 1. The summed E-state index contributed by atoms with van der Waals surface area (Å²) in [5.74, 6) is -1.25. The van der Waals surface area contributed by atoms with Crippen LogP contribution in [0, 0.1) is 11.1 Å². The second-order valence-electron chi connectivity index (χ2n) is 8.99. The number of ether oxygens (including phenoxy) is 2. The minimum Gasteiger partial charge on any atom is -0.619 e. The molecular weight excluding hydrogens is 492 g/mol. The van der Waals surface area contributed by atoms with Gasteiger partial charge < -0.3 is 14.7 Å². The van der Waals surface area contributed by atoms with Crippen LogP contribution in [0.15, 0.2) is 61.1 Å². The molecule has 0 bridgehead atoms. The number of hydrogen-bond acceptors (Lipinski definition) is 5. The normalized spacial score (nSPS) is 16.7. The van der Waals surface area contributed by atoms with Gasteiger partial charge in [-0.3, -0.25) is 9.78 Å². The zero-order chi connectivity index (χ0) is 26.4. The number of halogens is 4. The van der Waals surface area contributed by atoms with Gasteiger partial charge in [0.05, 0.1) is 0 Å². The Morgan fingerprint density at radius 3 is 2.32 bits per heavy atom. The van der Waals surface area contributed by atoms with Crippen LogP contribution in [0.25, 0.3) is 0 Å². The van der Waals surface area contributed by atoms with Crippen molar-refractivity contribution < 1.29 is 36.6 Å². The van der Waals surface area contributed by atoms with Gasteiger partial charge in [0.15, 0.2) is 23.9 Å². The van der Waals surface area contributed by atoms with E-state index in [1.54, 1.807) is 24.4 Å². The van der Waals surface area contributed by atoms with Gasteiger partial charge in [-0.25, -0.2) is 0 Å². The lowest BCUT2D eigenvalue weighted by Gasteiger charge is -2.21. The number of benzene rings is 1. The summed E-state index contributed by atoms with van der Waals surface area (Å²) in [7, 11) is 0. The van der Waals surface area contributed by atoms with Crippen LogP contribution < -0.4 is 14.2 Å². The predicted octanol–water partition coefficient (Wildman–Crippen LogP) is 5.59. The molecule has 1 aliphatic carbocycles. The Labute approximate surface area is 211 Å². The minimum absolute atomic E-state index is 0.0169. The van der Waals surface area contributed by atoms with Gasteiger partial charge in [0.1, 0.15) is 5.78 Å². The number of alkyl halides is 4. The summed E-state index contributed by atoms with van der Waals surface area (Å²) in [4.78, 5) is 16.8. The summed E-state index contributed by atoms with van der Waals surface area (Å²) in [5.41, 5.74) is 2.78. The largest absolute Gasteiger partial charge is 0.619 e. The summed E-state index contributed by atoms with van der Waals surface area (Å²) in [5, 5.41) is 11.5. The van der Waals surface area contributed by atoms with Crippen molar-refractivity contribution in [2.45, 2.75) is 57.7 Å². The molecule has 1 aromatic carbocycles.